The van der Waals surface area contributed by atoms with Gasteiger partial charge in [0.1, 0.15) is 0 Å². The first-order valence-corrected chi connectivity index (χ1v) is 6.76. The van der Waals surface area contributed by atoms with E-state index in [9.17, 15) is 4.21 Å². The minimum atomic E-state index is -2.61. The van der Waals surface area contributed by atoms with Crippen LogP contribution in [0.15, 0.2) is 39.9 Å². The SMILES string of the molecule is C=C/C(=C\C=C(/N)Cl)C(C)S(C)(=O)=NC#N. The van der Waals surface area contributed by atoms with Gasteiger partial charge < -0.3 is 5.73 Å². The fourth-order valence-electron chi connectivity index (χ4n) is 0.958. The zero-order chi connectivity index (χ0) is 12.8. The van der Waals surface area contributed by atoms with Crippen LogP contribution in [-0.4, -0.2) is 15.7 Å². The van der Waals surface area contributed by atoms with Crippen molar-refractivity contribution in [2.75, 3.05) is 6.26 Å². The smallest absolute Gasteiger partial charge is 0.214 e. The molecule has 2 atom stereocenters. The maximum atomic E-state index is 12.0. The van der Waals surface area contributed by atoms with Crippen LogP contribution in [0.25, 0.3) is 0 Å². The third-order valence-electron chi connectivity index (χ3n) is 2.02. The van der Waals surface area contributed by atoms with Gasteiger partial charge in [0.15, 0.2) is 0 Å². The highest BCUT2D eigenvalue weighted by molar-refractivity contribution is 7.93. The summed E-state index contributed by atoms with van der Waals surface area (Å²) in [4.78, 5) is 0. The van der Waals surface area contributed by atoms with Crippen molar-refractivity contribution in [3.8, 4) is 6.19 Å². The molecule has 6 heteroatoms. The van der Waals surface area contributed by atoms with Crippen molar-refractivity contribution in [2.45, 2.75) is 12.2 Å². The van der Waals surface area contributed by atoms with Crippen LogP contribution in [0, 0.1) is 11.5 Å². The lowest BCUT2D eigenvalue weighted by atomic mass is 10.2. The van der Waals surface area contributed by atoms with Gasteiger partial charge in [-0.3, -0.25) is 0 Å². The van der Waals surface area contributed by atoms with Crippen LogP contribution in [0.5, 0.6) is 0 Å². The van der Waals surface area contributed by atoms with E-state index in [2.05, 4.69) is 10.9 Å². The first-order valence-electron chi connectivity index (χ1n) is 4.39. The van der Waals surface area contributed by atoms with Crippen LogP contribution in [0.3, 0.4) is 0 Å². The Bertz CT molecular complexity index is 475. The second-order valence-corrected chi connectivity index (χ2v) is 6.17. The molecule has 0 heterocycles. The van der Waals surface area contributed by atoms with Gasteiger partial charge in [-0.25, -0.2) is 4.21 Å². The summed E-state index contributed by atoms with van der Waals surface area (Å²) < 4.78 is 15.4. The lowest BCUT2D eigenvalue weighted by Gasteiger charge is -2.12. The van der Waals surface area contributed by atoms with E-state index < -0.39 is 15.0 Å². The number of hydrogen-bond donors (Lipinski definition) is 1. The summed E-state index contributed by atoms with van der Waals surface area (Å²) in [6.07, 6.45) is 7.59. The molecule has 0 radical (unpaired) electrons. The van der Waals surface area contributed by atoms with Crippen molar-refractivity contribution in [3.05, 3.63) is 35.5 Å². The molecule has 0 aliphatic heterocycles. The fraction of sp³-hybridized carbons (Fsp3) is 0.300. The van der Waals surface area contributed by atoms with Gasteiger partial charge in [-0.05, 0) is 18.6 Å². The number of halogens is 1. The maximum absolute atomic E-state index is 12.0. The quantitative estimate of drug-likeness (QED) is 0.477. The molecule has 0 amide bonds. The molecule has 0 aromatic rings. The Hall–Kier alpha value is -1.25. The highest BCUT2D eigenvalue weighted by Gasteiger charge is 2.16. The predicted octanol–water partition coefficient (Wildman–Crippen LogP) is 2.11. The van der Waals surface area contributed by atoms with Crippen LogP contribution >= 0.6 is 11.6 Å². The first kappa shape index (κ1) is 14.8. The number of nitrogens with zero attached hydrogens (tertiary/aromatic N) is 2. The lowest BCUT2D eigenvalue weighted by Crippen LogP contribution is -2.17. The van der Waals surface area contributed by atoms with Gasteiger partial charge in [0.25, 0.3) is 0 Å². The van der Waals surface area contributed by atoms with Crippen LogP contribution in [0.4, 0.5) is 0 Å². The van der Waals surface area contributed by atoms with E-state index in [1.807, 2.05) is 0 Å². The summed E-state index contributed by atoms with van der Waals surface area (Å²) in [5, 5.41) is 8.13. The van der Waals surface area contributed by atoms with Gasteiger partial charge >= 0.3 is 0 Å². The van der Waals surface area contributed by atoms with Gasteiger partial charge in [-0.15, -0.1) is 4.36 Å². The number of nitriles is 1. The summed E-state index contributed by atoms with van der Waals surface area (Å²) in [6, 6.07) is 0. The summed E-state index contributed by atoms with van der Waals surface area (Å²) in [6.45, 7) is 5.31. The molecule has 2 N–H and O–H groups in total. The van der Waals surface area contributed by atoms with Crippen molar-refractivity contribution in [1.29, 1.82) is 5.26 Å². The Balaban J connectivity index is 5.34. The lowest BCUT2D eigenvalue weighted by molar-refractivity contribution is 0.676. The summed E-state index contributed by atoms with van der Waals surface area (Å²) in [5.41, 5.74) is 5.93. The Morgan fingerprint density at radius 2 is 2.25 bits per heavy atom. The third kappa shape index (κ3) is 4.51. The topological polar surface area (TPSA) is 79.2 Å². The van der Waals surface area contributed by atoms with E-state index in [1.54, 1.807) is 19.2 Å². The number of hydrogen-bond acceptors (Lipinski definition) is 4. The monoisotopic (exact) mass is 259 g/mol. The fourth-order valence-corrected chi connectivity index (χ4v) is 2.02. The van der Waals surface area contributed by atoms with Crippen molar-refractivity contribution in [1.82, 2.24) is 0 Å². The molecule has 0 aromatic heterocycles. The number of rotatable bonds is 4. The number of allylic oxidation sites excluding steroid dienone is 3. The van der Waals surface area contributed by atoms with E-state index in [1.165, 1.54) is 18.4 Å². The molecular weight excluding hydrogens is 246 g/mol. The maximum Gasteiger partial charge on any atom is 0.214 e. The highest BCUT2D eigenvalue weighted by Crippen LogP contribution is 2.14. The molecule has 0 spiro atoms. The molecule has 0 saturated carbocycles. The molecule has 0 saturated heterocycles. The first-order chi connectivity index (χ1) is 7.35. The summed E-state index contributed by atoms with van der Waals surface area (Å²) in [5.74, 6) is 0. The van der Waals surface area contributed by atoms with E-state index in [0.29, 0.717) is 5.57 Å². The standard InChI is InChI=1S/C10H14ClN3OS/c1-4-9(5-6-10(11)13)8(2)16(3,15)14-7-12/h4-6,8H,1,13H2,2-3H3/b9-5+,10-6-. The zero-order valence-electron chi connectivity index (χ0n) is 9.18. The van der Waals surface area contributed by atoms with Crippen molar-refractivity contribution >= 4 is 21.3 Å². The summed E-state index contributed by atoms with van der Waals surface area (Å²) in [7, 11) is -2.61. The normalized spacial score (nSPS) is 18.1. The molecule has 0 aliphatic rings. The third-order valence-corrected chi connectivity index (χ3v) is 4.17. The Morgan fingerprint density at radius 1 is 1.69 bits per heavy atom. The van der Waals surface area contributed by atoms with E-state index in [4.69, 9.17) is 22.6 Å². The van der Waals surface area contributed by atoms with E-state index in [0.717, 1.165) is 0 Å². The van der Waals surface area contributed by atoms with Gasteiger partial charge in [-0.1, -0.05) is 30.3 Å². The average Bonchev–Trinajstić information content (AvgIpc) is 2.17. The van der Waals surface area contributed by atoms with Gasteiger partial charge in [-0.2, -0.15) is 5.26 Å². The zero-order valence-corrected chi connectivity index (χ0v) is 10.8. The Labute approximate surface area is 101 Å². The molecule has 4 nitrogen and oxygen atoms in total. The molecule has 0 fully saturated rings. The van der Waals surface area contributed by atoms with Crippen LogP contribution in [0.1, 0.15) is 6.92 Å². The van der Waals surface area contributed by atoms with Crippen molar-refractivity contribution < 1.29 is 4.21 Å². The second kappa shape index (κ2) is 6.36. The molecular formula is C10H14ClN3OS. The largest absolute Gasteiger partial charge is 0.389 e. The minimum absolute atomic E-state index is 0.117. The van der Waals surface area contributed by atoms with Gasteiger partial charge in [0.05, 0.1) is 20.1 Å². The number of nitrogens with two attached hydrogens (primary N) is 1. The Kier molecular flexibility index (Phi) is 5.86. The van der Waals surface area contributed by atoms with Crippen LogP contribution < -0.4 is 5.73 Å². The molecule has 0 aromatic carbocycles. The van der Waals surface area contributed by atoms with Gasteiger partial charge in [0, 0.05) is 6.26 Å². The van der Waals surface area contributed by atoms with E-state index >= 15 is 0 Å². The molecule has 16 heavy (non-hydrogen) atoms. The Morgan fingerprint density at radius 3 is 2.62 bits per heavy atom. The molecule has 0 rings (SSSR count). The van der Waals surface area contributed by atoms with Crippen LogP contribution in [-0.2, 0) is 9.73 Å². The predicted molar refractivity (Wildman–Crippen MR) is 68.0 cm³/mol. The van der Waals surface area contributed by atoms with Crippen molar-refractivity contribution in [3.63, 3.8) is 0 Å². The molecule has 2 unspecified atom stereocenters. The van der Waals surface area contributed by atoms with E-state index in [-0.39, 0.29) is 5.16 Å². The molecule has 0 bridgehead atoms. The molecule has 88 valence electrons. The summed E-state index contributed by atoms with van der Waals surface area (Å²) >= 11 is 5.47. The minimum Gasteiger partial charge on any atom is -0.389 e. The van der Waals surface area contributed by atoms with Crippen LogP contribution in [0.2, 0.25) is 0 Å². The average molecular weight is 260 g/mol. The van der Waals surface area contributed by atoms with Crippen molar-refractivity contribution in [2.24, 2.45) is 10.1 Å². The highest BCUT2D eigenvalue weighted by atomic mass is 35.5. The second-order valence-electron chi connectivity index (χ2n) is 3.12. The van der Waals surface area contributed by atoms with Gasteiger partial charge in [0.2, 0.25) is 6.19 Å². The molecule has 0 aliphatic carbocycles.